The summed E-state index contributed by atoms with van der Waals surface area (Å²) in [7, 11) is 1.84. The van der Waals surface area contributed by atoms with E-state index in [0.717, 1.165) is 18.5 Å². The van der Waals surface area contributed by atoms with Crippen molar-refractivity contribution in [3.8, 4) is 0 Å². The van der Waals surface area contributed by atoms with Gasteiger partial charge in [0, 0.05) is 4.90 Å². The van der Waals surface area contributed by atoms with Crippen LogP contribution in [0.3, 0.4) is 0 Å². The zero-order chi connectivity index (χ0) is 11.3. The number of hydrogen-bond acceptors (Lipinski definition) is 2. The molecule has 0 atom stereocenters. The van der Waals surface area contributed by atoms with Gasteiger partial charge in [-0.2, -0.15) is 13.2 Å². The van der Waals surface area contributed by atoms with Gasteiger partial charge in [-0.15, -0.1) is 0 Å². The normalized spacial score (nSPS) is 11.7. The summed E-state index contributed by atoms with van der Waals surface area (Å²) in [4.78, 5) is 0.232. The monoisotopic (exact) mass is 235 g/mol. The smallest absolute Gasteiger partial charge is 0.319 e. The van der Waals surface area contributed by atoms with Crippen molar-refractivity contribution in [3.05, 3.63) is 29.8 Å². The average Bonchev–Trinajstić information content (AvgIpc) is 2.14. The number of nitrogens with one attached hydrogen (secondary N) is 1. The van der Waals surface area contributed by atoms with Gasteiger partial charge in [0.25, 0.3) is 0 Å². The number of rotatable bonds is 4. The zero-order valence-electron chi connectivity index (χ0n) is 8.27. The van der Waals surface area contributed by atoms with E-state index in [9.17, 15) is 13.2 Å². The fourth-order valence-electron chi connectivity index (χ4n) is 1.13. The summed E-state index contributed by atoms with van der Waals surface area (Å²) >= 11 is -0.0823. The van der Waals surface area contributed by atoms with Crippen LogP contribution in [0, 0.1) is 0 Å². The average molecular weight is 235 g/mol. The number of hydrogen-bond donors (Lipinski definition) is 1. The molecular formula is C10H12F3NS. The van der Waals surface area contributed by atoms with Gasteiger partial charge in [0.15, 0.2) is 0 Å². The second-order valence-corrected chi connectivity index (χ2v) is 4.18. The highest BCUT2D eigenvalue weighted by Gasteiger charge is 2.28. The fraction of sp³-hybridized carbons (Fsp3) is 0.400. The predicted molar refractivity (Wildman–Crippen MR) is 56.0 cm³/mol. The summed E-state index contributed by atoms with van der Waals surface area (Å²) in [6, 6.07) is 6.46. The lowest BCUT2D eigenvalue weighted by molar-refractivity contribution is -0.0328. The highest BCUT2D eigenvalue weighted by Crippen LogP contribution is 2.36. The zero-order valence-corrected chi connectivity index (χ0v) is 9.08. The second-order valence-electron chi connectivity index (χ2n) is 3.05. The molecule has 0 bridgehead atoms. The van der Waals surface area contributed by atoms with Crippen LogP contribution in [0.2, 0.25) is 0 Å². The van der Waals surface area contributed by atoms with Crippen molar-refractivity contribution in [2.45, 2.75) is 16.8 Å². The van der Waals surface area contributed by atoms with Crippen LogP contribution in [0.15, 0.2) is 29.2 Å². The minimum absolute atomic E-state index is 0.0823. The van der Waals surface area contributed by atoms with Crippen LogP contribution >= 0.6 is 11.8 Å². The Morgan fingerprint density at radius 2 is 1.80 bits per heavy atom. The van der Waals surface area contributed by atoms with Crippen LogP contribution in [0.5, 0.6) is 0 Å². The van der Waals surface area contributed by atoms with Gasteiger partial charge >= 0.3 is 5.51 Å². The van der Waals surface area contributed by atoms with Crippen molar-refractivity contribution in [2.75, 3.05) is 13.6 Å². The van der Waals surface area contributed by atoms with E-state index in [1.54, 1.807) is 12.1 Å². The quantitative estimate of drug-likeness (QED) is 0.805. The summed E-state index contributed by atoms with van der Waals surface area (Å²) in [6.07, 6.45) is 0.827. The molecule has 1 aromatic carbocycles. The lowest BCUT2D eigenvalue weighted by Gasteiger charge is -2.06. The van der Waals surface area contributed by atoms with Crippen molar-refractivity contribution < 1.29 is 13.2 Å². The molecule has 0 saturated carbocycles. The van der Waals surface area contributed by atoms with Gasteiger partial charge in [-0.1, -0.05) is 12.1 Å². The number of benzene rings is 1. The van der Waals surface area contributed by atoms with Crippen LogP contribution in [0.4, 0.5) is 13.2 Å². The third kappa shape index (κ3) is 5.09. The molecule has 84 valence electrons. The first kappa shape index (κ1) is 12.4. The van der Waals surface area contributed by atoms with Crippen LogP contribution < -0.4 is 5.32 Å². The minimum atomic E-state index is -4.20. The first-order valence-electron chi connectivity index (χ1n) is 4.50. The van der Waals surface area contributed by atoms with Crippen molar-refractivity contribution in [1.82, 2.24) is 5.32 Å². The third-order valence-corrected chi connectivity index (χ3v) is 2.56. The van der Waals surface area contributed by atoms with Gasteiger partial charge in [0.05, 0.1) is 0 Å². The highest BCUT2D eigenvalue weighted by molar-refractivity contribution is 8.00. The van der Waals surface area contributed by atoms with Crippen molar-refractivity contribution in [2.24, 2.45) is 0 Å². The Morgan fingerprint density at radius 3 is 2.27 bits per heavy atom. The molecule has 0 saturated heterocycles. The predicted octanol–water partition coefficient (Wildman–Crippen LogP) is 3.06. The first-order valence-corrected chi connectivity index (χ1v) is 5.32. The first-order chi connectivity index (χ1) is 7.01. The van der Waals surface area contributed by atoms with Gasteiger partial charge in [0.2, 0.25) is 0 Å². The standard InChI is InChI=1S/C10H12F3NS/c1-14-7-6-8-2-4-9(5-3-8)15-10(11,12)13/h2-5,14H,6-7H2,1H3. The van der Waals surface area contributed by atoms with Gasteiger partial charge in [0.1, 0.15) is 0 Å². The summed E-state index contributed by atoms with van der Waals surface area (Å²) in [6.45, 7) is 0.825. The SMILES string of the molecule is CNCCc1ccc(SC(F)(F)F)cc1. The van der Waals surface area contributed by atoms with E-state index in [-0.39, 0.29) is 16.7 Å². The number of alkyl halides is 3. The largest absolute Gasteiger partial charge is 0.446 e. The molecule has 0 unspecified atom stereocenters. The lowest BCUT2D eigenvalue weighted by Crippen LogP contribution is -2.10. The van der Waals surface area contributed by atoms with Gasteiger partial charge < -0.3 is 5.32 Å². The number of thioether (sulfide) groups is 1. The molecule has 0 amide bonds. The molecule has 1 nitrogen and oxygen atoms in total. The Bertz CT molecular complexity index is 295. The molecule has 0 aliphatic carbocycles. The molecule has 15 heavy (non-hydrogen) atoms. The second kappa shape index (κ2) is 5.42. The molecule has 0 aromatic heterocycles. The maximum absolute atomic E-state index is 12.0. The minimum Gasteiger partial charge on any atom is -0.319 e. The Morgan fingerprint density at radius 1 is 1.20 bits per heavy atom. The molecule has 0 heterocycles. The van der Waals surface area contributed by atoms with Gasteiger partial charge in [-0.25, -0.2) is 0 Å². The molecule has 0 radical (unpaired) electrons. The molecule has 0 aliphatic rings. The van der Waals surface area contributed by atoms with E-state index in [1.165, 1.54) is 12.1 Å². The third-order valence-electron chi connectivity index (χ3n) is 1.82. The molecule has 1 rings (SSSR count). The summed E-state index contributed by atoms with van der Waals surface area (Å²) in [5.41, 5.74) is -3.16. The molecule has 1 aromatic rings. The Balaban J connectivity index is 2.56. The van der Waals surface area contributed by atoms with Crippen LogP contribution in [0.1, 0.15) is 5.56 Å². The van der Waals surface area contributed by atoms with Gasteiger partial charge in [-0.05, 0) is 49.5 Å². The van der Waals surface area contributed by atoms with E-state index in [0.29, 0.717) is 0 Å². The summed E-state index contributed by atoms with van der Waals surface area (Å²) in [5.74, 6) is 0. The molecule has 1 N–H and O–H groups in total. The maximum atomic E-state index is 12.0. The van der Waals surface area contributed by atoms with E-state index in [1.807, 2.05) is 7.05 Å². The summed E-state index contributed by atoms with van der Waals surface area (Å²) in [5, 5.41) is 2.98. The molecule has 0 fully saturated rings. The molecular weight excluding hydrogens is 223 g/mol. The lowest BCUT2D eigenvalue weighted by atomic mass is 10.1. The Hall–Kier alpha value is -0.680. The number of likely N-dealkylation sites (N-methyl/N-ethyl adjacent to an activating group) is 1. The van der Waals surface area contributed by atoms with Crippen LogP contribution in [-0.2, 0) is 6.42 Å². The van der Waals surface area contributed by atoms with E-state index >= 15 is 0 Å². The van der Waals surface area contributed by atoms with Crippen molar-refractivity contribution >= 4 is 11.8 Å². The maximum Gasteiger partial charge on any atom is 0.446 e. The molecule has 0 aliphatic heterocycles. The topological polar surface area (TPSA) is 12.0 Å². The van der Waals surface area contributed by atoms with E-state index in [2.05, 4.69) is 5.32 Å². The van der Waals surface area contributed by atoms with E-state index in [4.69, 9.17) is 0 Å². The van der Waals surface area contributed by atoms with Crippen molar-refractivity contribution in [1.29, 1.82) is 0 Å². The van der Waals surface area contributed by atoms with Gasteiger partial charge in [-0.3, -0.25) is 0 Å². The Kier molecular flexibility index (Phi) is 4.47. The fourth-order valence-corrected chi connectivity index (χ4v) is 1.67. The van der Waals surface area contributed by atoms with Crippen LogP contribution in [0.25, 0.3) is 0 Å². The Labute approximate surface area is 91.1 Å². The highest BCUT2D eigenvalue weighted by atomic mass is 32.2. The molecule has 0 spiro atoms. The molecule has 5 heteroatoms. The van der Waals surface area contributed by atoms with Crippen molar-refractivity contribution in [3.63, 3.8) is 0 Å². The van der Waals surface area contributed by atoms with Crippen LogP contribution in [-0.4, -0.2) is 19.1 Å². The summed E-state index contributed by atoms with van der Waals surface area (Å²) < 4.78 is 36.0. The van der Waals surface area contributed by atoms with E-state index < -0.39 is 5.51 Å². The number of halogens is 3.